The number of benzene rings is 3. The Bertz CT molecular complexity index is 1440. The number of nitrogens with zero attached hydrogens (tertiary/aromatic N) is 3. The van der Waals surface area contributed by atoms with E-state index < -0.39 is 10.4 Å². The van der Waals surface area contributed by atoms with Crippen LogP contribution in [0.3, 0.4) is 0 Å². The fourth-order valence-electron chi connectivity index (χ4n) is 4.38. The van der Waals surface area contributed by atoms with E-state index in [1.54, 1.807) is 16.9 Å². The number of aromatic nitrogens is 3. The molecule has 0 spiro atoms. The largest absolute Gasteiger partial charge is 0.501 e. The van der Waals surface area contributed by atoms with E-state index in [1.165, 1.54) is 18.4 Å². The van der Waals surface area contributed by atoms with E-state index in [1.807, 2.05) is 36.4 Å². The maximum absolute atomic E-state index is 12.0. The van der Waals surface area contributed by atoms with Crippen molar-refractivity contribution in [2.75, 3.05) is 0 Å². The molecule has 8 heteroatoms. The highest BCUT2D eigenvalue weighted by Gasteiger charge is 2.32. The predicted molar refractivity (Wildman–Crippen MR) is 132 cm³/mol. The molecular formula is C26H27N3O4S. The molecule has 0 fully saturated rings. The molecule has 7 nitrogen and oxygen atoms in total. The molecule has 0 N–H and O–H groups in total. The highest BCUT2D eigenvalue weighted by molar-refractivity contribution is 7.82. The lowest BCUT2D eigenvalue weighted by Crippen LogP contribution is -2.18. The normalized spacial score (nSPS) is 14.6. The Morgan fingerprint density at radius 3 is 2.32 bits per heavy atom. The summed E-state index contributed by atoms with van der Waals surface area (Å²) in [7, 11) is -4.12. The standard InChI is InChI=1S/C26H27N3O4S/c1-4-5-8-16-26(2,3)18-14-15-19(20-10-9-13-24-25(20)33-34(30,31)32-24)23(17-18)29-27-21-11-6-7-12-22(21)28-29/h6-7,9-15,17H,4-5,8,16H2,1-3H3. The average Bonchev–Trinajstić information content (AvgIpc) is 3.37. The van der Waals surface area contributed by atoms with Gasteiger partial charge in [-0.05, 0) is 41.7 Å². The molecule has 1 aliphatic rings. The summed E-state index contributed by atoms with van der Waals surface area (Å²) >= 11 is 0. The second kappa shape index (κ2) is 8.43. The third-order valence-corrected chi connectivity index (χ3v) is 7.09. The van der Waals surface area contributed by atoms with E-state index in [2.05, 4.69) is 32.9 Å². The Morgan fingerprint density at radius 1 is 0.882 bits per heavy atom. The molecule has 34 heavy (non-hydrogen) atoms. The van der Waals surface area contributed by atoms with Gasteiger partial charge in [0, 0.05) is 11.1 Å². The number of rotatable bonds is 7. The fraction of sp³-hybridized carbons (Fsp3) is 0.308. The lowest BCUT2D eigenvalue weighted by molar-refractivity contribution is 0.436. The van der Waals surface area contributed by atoms with Gasteiger partial charge in [0.15, 0.2) is 11.5 Å². The Labute approximate surface area is 199 Å². The molecule has 3 aromatic carbocycles. The van der Waals surface area contributed by atoms with Gasteiger partial charge in [-0.3, -0.25) is 0 Å². The quantitative estimate of drug-likeness (QED) is 0.305. The van der Waals surface area contributed by atoms with Crippen LogP contribution in [-0.2, 0) is 15.8 Å². The second-order valence-electron chi connectivity index (χ2n) is 9.26. The monoisotopic (exact) mass is 477 g/mol. The van der Waals surface area contributed by atoms with Gasteiger partial charge >= 0.3 is 10.4 Å². The molecule has 2 heterocycles. The van der Waals surface area contributed by atoms with Crippen LogP contribution < -0.4 is 8.37 Å². The Hall–Kier alpha value is -3.39. The smallest absolute Gasteiger partial charge is 0.349 e. The molecule has 1 aromatic heterocycles. The summed E-state index contributed by atoms with van der Waals surface area (Å²) in [4.78, 5) is 1.62. The molecule has 176 valence electrons. The molecule has 0 aliphatic carbocycles. The zero-order valence-electron chi connectivity index (χ0n) is 19.5. The van der Waals surface area contributed by atoms with Crippen molar-refractivity contribution in [1.82, 2.24) is 15.0 Å². The highest BCUT2D eigenvalue weighted by Crippen LogP contribution is 2.45. The first kappa shape index (κ1) is 22.4. The van der Waals surface area contributed by atoms with E-state index in [0.29, 0.717) is 5.56 Å². The van der Waals surface area contributed by atoms with Crippen molar-refractivity contribution in [3.63, 3.8) is 0 Å². The lowest BCUT2D eigenvalue weighted by atomic mass is 9.79. The van der Waals surface area contributed by atoms with E-state index >= 15 is 0 Å². The second-order valence-corrected chi connectivity index (χ2v) is 10.4. The van der Waals surface area contributed by atoms with Crippen molar-refractivity contribution in [3.05, 3.63) is 66.2 Å². The van der Waals surface area contributed by atoms with Crippen LogP contribution in [0.15, 0.2) is 60.7 Å². The fourth-order valence-corrected chi connectivity index (χ4v) is 5.14. The van der Waals surface area contributed by atoms with Gasteiger partial charge in [-0.25, -0.2) is 0 Å². The topological polar surface area (TPSA) is 83.3 Å². The third-order valence-electron chi connectivity index (χ3n) is 6.33. The van der Waals surface area contributed by atoms with Crippen LogP contribution in [0.4, 0.5) is 0 Å². The van der Waals surface area contributed by atoms with Crippen LogP contribution in [0.2, 0.25) is 0 Å². The number of hydrogen-bond donors (Lipinski definition) is 0. The minimum atomic E-state index is -4.12. The zero-order valence-corrected chi connectivity index (χ0v) is 20.3. The number of unbranched alkanes of at least 4 members (excludes halogenated alkanes) is 2. The van der Waals surface area contributed by atoms with Crippen molar-refractivity contribution in [1.29, 1.82) is 0 Å². The van der Waals surface area contributed by atoms with Crippen LogP contribution in [0, 0.1) is 0 Å². The summed E-state index contributed by atoms with van der Waals surface area (Å²) in [5, 5.41) is 9.41. The minimum absolute atomic E-state index is 0.0450. The number of hydrogen-bond acceptors (Lipinski definition) is 6. The van der Waals surface area contributed by atoms with Gasteiger partial charge in [-0.15, -0.1) is 23.4 Å². The van der Waals surface area contributed by atoms with E-state index in [-0.39, 0.29) is 16.9 Å². The Morgan fingerprint density at radius 2 is 1.62 bits per heavy atom. The van der Waals surface area contributed by atoms with E-state index in [9.17, 15) is 8.42 Å². The SMILES string of the molecule is CCCCCC(C)(C)c1ccc(-c2cccc3c2OS(=O)(=O)O3)c(-n2nc3ccccc3n2)c1. The molecule has 0 saturated carbocycles. The minimum Gasteiger partial charge on any atom is -0.349 e. The van der Waals surface area contributed by atoms with Crippen molar-refractivity contribution in [2.24, 2.45) is 0 Å². The first-order chi connectivity index (χ1) is 16.3. The molecule has 5 rings (SSSR count). The van der Waals surface area contributed by atoms with Gasteiger partial charge in [0.1, 0.15) is 11.0 Å². The lowest BCUT2D eigenvalue weighted by Gasteiger charge is -2.26. The number of fused-ring (bicyclic) bond motifs is 2. The molecule has 0 radical (unpaired) electrons. The summed E-state index contributed by atoms with van der Waals surface area (Å²) in [6.07, 6.45) is 4.58. The van der Waals surface area contributed by atoms with Crippen LogP contribution in [-0.4, -0.2) is 23.4 Å². The maximum atomic E-state index is 12.0. The number of para-hydroxylation sites is 1. The van der Waals surface area contributed by atoms with Crippen LogP contribution in [0.25, 0.3) is 27.8 Å². The third kappa shape index (κ3) is 4.14. The highest BCUT2D eigenvalue weighted by atomic mass is 32.3. The molecule has 0 unspecified atom stereocenters. The Balaban J connectivity index is 1.68. The first-order valence-electron chi connectivity index (χ1n) is 11.5. The maximum Gasteiger partial charge on any atom is 0.501 e. The van der Waals surface area contributed by atoms with Gasteiger partial charge in [-0.2, -0.15) is 0 Å². The van der Waals surface area contributed by atoms with Crippen molar-refractivity contribution in [3.8, 4) is 28.3 Å². The molecule has 4 aromatic rings. The van der Waals surface area contributed by atoms with Gasteiger partial charge in [0.2, 0.25) is 0 Å². The molecule has 1 aliphatic heterocycles. The summed E-state index contributed by atoms with van der Waals surface area (Å²) in [5.41, 5.74) is 4.79. The Kier molecular flexibility index (Phi) is 5.56. The summed E-state index contributed by atoms with van der Waals surface area (Å²) in [6, 6.07) is 19.0. The van der Waals surface area contributed by atoms with E-state index in [0.717, 1.165) is 35.1 Å². The predicted octanol–water partition coefficient (Wildman–Crippen LogP) is 5.96. The molecule has 0 bridgehead atoms. The van der Waals surface area contributed by atoms with E-state index in [4.69, 9.17) is 18.6 Å². The zero-order chi connectivity index (χ0) is 23.9. The molecule has 0 saturated heterocycles. The molecule has 0 amide bonds. The van der Waals surface area contributed by atoms with Gasteiger partial charge < -0.3 is 8.37 Å². The summed E-state index contributed by atoms with van der Waals surface area (Å²) in [5.74, 6) is 0.349. The van der Waals surface area contributed by atoms with Gasteiger partial charge in [-0.1, -0.05) is 76.4 Å². The molecular weight excluding hydrogens is 450 g/mol. The summed E-state index contributed by atoms with van der Waals surface area (Å²) in [6.45, 7) is 6.70. The average molecular weight is 478 g/mol. The van der Waals surface area contributed by atoms with Crippen molar-refractivity contribution in [2.45, 2.75) is 51.9 Å². The van der Waals surface area contributed by atoms with Crippen LogP contribution >= 0.6 is 0 Å². The summed E-state index contributed by atoms with van der Waals surface area (Å²) < 4.78 is 34.1. The van der Waals surface area contributed by atoms with Crippen molar-refractivity contribution < 1.29 is 16.8 Å². The van der Waals surface area contributed by atoms with Gasteiger partial charge in [0.25, 0.3) is 0 Å². The van der Waals surface area contributed by atoms with Crippen molar-refractivity contribution >= 4 is 21.4 Å². The molecule has 0 atom stereocenters. The van der Waals surface area contributed by atoms with Crippen LogP contribution in [0.5, 0.6) is 11.5 Å². The first-order valence-corrected chi connectivity index (χ1v) is 12.8. The van der Waals surface area contributed by atoms with Gasteiger partial charge in [0.05, 0.1) is 5.69 Å². The van der Waals surface area contributed by atoms with Crippen LogP contribution in [0.1, 0.15) is 52.0 Å².